The van der Waals surface area contributed by atoms with E-state index in [-0.39, 0.29) is 0 Å². The lowest BCUT2D eigenvalue weighted by Crippen LogP contribution is -2.24. The van der Waals surface area contributed by atoms with Crippen LogP contribution in [0.2, 0.25) is 0 Å². The molecule has 0 radical (unpaired) electrons. The lowest BCUT2D eigenvalue weighted by atomic mass is 10.2. The molecular formula is C38H32OP2. The highest BCUT2D eigenvalue weighted by atomic mass is 31.1. The van der Waals surface area contributed by atoms with Crippen molar-refractivity contribution in [2.75, 3.05) is 0 Å². The van der Waals surface area contributed by atoms with Crippen molar-refractivity contribution in [3.8, 4) is 11.5 Å². The lowest BCUT2D eigenvalue weighted by molar-refractivity contribution is 0.490. The van der Waals surface area contributed by atoms with Crippen molar-refractivity contribution in [1.29, 1.82) is 0 Å². The maximum absolute atomic E-state index is 7.03. The molecule has 0 unspecified atom stereocenters. The minimum Gasteiger partial charge on any atom is -0.456 e. The Hall–Kier alpha value is -4.02. The fraction of sp³-hybridized carbons (Fsp3) is 0.0526. The molecule has 0 saturated heterocycles. The number of ether oxygens (including phenoxy) is 1. The maximum Gasteiger partial charge on any atom is 0.135 e. The highest BCUT2D eigenvalue weighted by molar-refractivity contribution is 7.80. The third-order valence-corrected chi connectivity index (χ3v) is 11.9. The van der Waals surface area contributed by atoms with Crippen molar-refractivity contribution < 1.29 is 4.74 Å². The Bertz CT molecular complexity index is 1510. The van der Waals surface area contributed by atoms with Gasteiger partial charge in [-0.1, -0.05) is 145 Å². The molecule has 41 heavy (non-hydrogen) atoms. The van der Waals surface area contributed by atoms with Gasteiger partial charge in [-0.15, -0.1) is 0 Å². The molecule has 0 amide bonds. The topological polar surface area (TPSA) is 9.23 Å². The van der Waals surface area contributed by atoms with Gasteiger partial charge in [-0.25, -0.2) is 0 Å². The van der Waals surface area contributed by atoms with E-state index in [1.807, 2.05) is 0 Å². The number of benzene rings is 6. The van der Waals surface area contributed by atoms with Crippen LogP contribution in [0.25, 0.3) is 0 Å². The van der Waals surface area contributed by atoms with E-state index in [0.717, 1.165) is 11.5 Å². The highest BCUT2D eigenvalue weighted by Crippen LogP contribution is 2.41. The van der Waals surface area contributed by atoms with Crippen LogP contribution in [0, 0.1) is 13.8 Å². The zero-order valence-electron chi connectivity index (χ0n) is 23.3. The van der Waals surface area contributed by atoms with Crippen LogP contribution < -0.4 is 36.6 Å². The lowest BCUT2D eigenvalue weighted by Gasteiger charge is -2.25. The van der Waals surface area contributed by atoms with Crippen LogP contribution in [-0.2, 0) is 0 Å². The van der Waals surface area contributed by atoms with E-state index in [9.17, 15) is 0 Å². The SMILES string of the molecule is Cc1ccc(Oc2ccc(C)cc2P(c2ccccc2)c2ccccc2)c(P(c2ccccc2)c2ccccc2)c1. The van der Waals surface area contributed by atoms with Crippen LogP contribution in [0.3, 0.4) is 0 Å². The highest BCUT2D eigenvalue weighted by Gasteiger charge is 2.24. The molecule has 0 N–H and O–H groups in total. The van der Waals surface area contributed by atoms with Gasteiger partial charge < -0.3 is 4.74 Å². The zero-order valence-corrected chi connectivity index (χ0v) is 25.1. The molecular weight excluding hydrogens is 534 g/mol. The molecule has 200 valence electrons. The van der Waals surface area contributed by atoms with Crippen molar-refractivity contribution in [3.63, 3.8) is 0 Å². The van der Waals surface area contributed by atoms with Gasteiger partial charge in [0, 0.05) is 10.6 Å². The van der Waals surface area contributed by atoms with Crippen molar-refractivity contribution in [2.45, 2.75) is 13.8 Å². The molecule has 0 aliphatic heterocycles. The van der Waals surface area contributed by atoms with Crippen LogP contribution >= 0.6 is 15.8 Å². The van der Waals surface area contributed by atoms with Gasteiger partial charge in [0.2, 0.25) is 0 Å². The van der Waals surface area contributed by atoms with Gasteiger partial charge >= 0.3 is 0 Å². The Balaban J connectivity index is 1.51. The van der Waals surface area contributed by atoms with E-state index >= 15 is 0 Å². The Labute approximate surface area is 246 Å². The minimum atomic E-state index is -0.818. The summed E-state index contributed by atoms with van der Waals surface area (Å²) in [6.07, 6.45) is 0. The van der Waals surface area contributed by atoms with Crippen LogP contribution in [0.4, 0.5) is 0 Å². The Morgan fingerprint density at radius 3 is 0.951 bits per heavy atom. The molecule has 0 saturated carbocycles. The molecule has 3 heteroatoms. The second kappa shape index (κ2) is 12.7. The summed E-state index contributed by atoms with van der Waals surface area (Å²) in [4.78, 5) is 0. The largest absolute Gasteiger partial charge is 0.456 e. The smallest absolute Gasteiger partial charge is 0.135 e. The van der Waals surface area contributed by atoms with Gasteiger partial charge in [-0.05, 0) is 75.2 Å². The second-order valence-corrected chi connectivity index (χ2v) is 14.4. The Morgan fingerprint density at radius 2 is 0.659 bits per heavy atom. The molecule has 0 fully saturated rings. The average molecular weight is 567 g/mol. The van der Waals surface area contributed by atoms with Crippen LogP contribution in [0.1, 0.15) is 11.1 Å². The molecule has 0 spiro atoms. The number of rotatable bonds is 8. The van der Waals surface area contributed by atoms with E-state index < -0.39 is 15.8 Å². The Morgan fingerprint density at radius 1 is 0.366 bits per heavy atom. The van der Waals surface area contributed by atoms with E-state index in [1.54, 1.807) is 0 Å². The normalized spacial score (nSPS) is 11.1. The van der Waals surface area contributed by atoms with E-state index in [0.29, 0.717) is 0 Å². The third-order valence-electron chi connectivity index (χ3n) is 6.99. The molecule has 6 aromatic carbocycles. The van der Waals surface area contributed by atoms with E-state index in [1.165, 1.54) is 43.0 Å². The number of hydrogen-bond donors (Lipinski definition) is 0. The molecule has 6 rings (SSSR count). The van der Waals surface area contributed by atoms with Crippen LogP contribution in [0.5, 0.6) is 11.5 Å². The summed E-state index contributed by atoms with van der Waals surface area (Å²) in [6, 6.07) is 56.6. The summed E-state index contributed by atoms with van der Waals surface area (Å²) in [5.74, 6) is 1.83. The first-order valence-electron chi connectivity index (χ1n) is 13.9. The first kappa shape index (κ1) is 27.2. The van der Waals surface area contributed by atoms with Gasteiger partial charge in [0.25, 0.3) is 0 Å². The van der Waals surface area contributed by atoms with Crippen LogP contribution in [-0.4, -0.2) is 0 Å². The molecule has 0 atom stereocenters. The van der Waals surface area contributed by atoms with Gasteiger partial charge in [-0.3, -0.25) is 0 Å². The van der Waals surface area contributed by atoms with Gasteiger partial charge in [0.15, 0.2) is 0 Å². The van der Waals surface area contributed by atoms with Gasteiger partial charge in [-0.2, -0.15) is 0 Å². The number of aryl methyl sites for hydroxylation is 2. The molecule has 0 aliphatic rings. The zero-order chi connectivity index (χ0) is 28.0. The van der Waals surface area contributed by atoms with Gasteiger partial charge in [0.1, 0.15) is 11.5 Å². The molecule has 0 aliphatic carbocycles. The van der Waals surface area contributed by atoms with Crippen molar-refractivity contribution in [3.05, 3.63) is 169 Å². The summed E-state index contributed by atoms with van der Waals surface area (Å²) < 4.78 is 7.03. The van der Waals surface area contributed by atoms with Crippen LogP contribution in [0.15, 0.2) is 158 Å². The Kier molecular flexibility index (Phi) is 8.39. The average Bonchev–Trinajstić information content (AvgIpc) is 3.02. The quantitative estimate of drug-likeness (QED) is 0.172. The second-order valence-electron chi connectivity index (χ2n) is 10.1. The summed E-state index contributed by atoms with van der Waals surface area (Å²) >= 11 is 0. The predicted octanol–water partition coefficient (Wildman–Crippen LogP) is 7.61. The fourth-order valence-corrected chi connectivity index (χ4v) is 9.99. The summed E-state index contributed by atoms with van der Waals surface area (Å²) in [7, 11) is -1.64. The molecule has 6 aromatic rings. The minimum absolute atomic E-state index is 0.818. The van der Waals surface area contributed by atoms with E-state index in [4.69, 9.17) is 4.74 Å². The molecule has 0 aromatic heterocycles. The molecule has 0 heterocycles. The summed E-state index contributed by atoms with van der Waals surface area (Å²) in [6.45, 7) is 4.33. The molecule has 1 nitrogen and oxygen atoms in total. The van der Waals surface area contributed by atoms with Crippen molar-refractivity contribution in [1.82, 2.24) is 0 Å². The van der Waals surface area contributed by atoms with E-state index in [2.05, 4.69) is 172 Å². The fourth-order valence-electron chi connectivity index (χ4n) is 5.06. The molecule has 0 bridgehead atoms. The first-order chi connectivity index (χ1) is 20.2. The third kappa shape index (κ3) is 6.18. The maximum atomic E-state index is 7.03. The first-order valence-corrected chi connectivity index (χ1v) is 16.6. The van der Waals surface area contributed by atoms with Crippen molar-refractivity contribution in [2.24, 2.45) is 0 Å². The summed E-state index contributed by atoms with van der Waals surface area (Å²) in [5, 5.41) is 7.70. The monoisotopic (exact) mass is 566 g/mol. The van der Waals surface area contributed by atoms with Crippen molar-refractivity contribution >= 4 is 47.7 Å². The predicted molar refractivity (Wildman–Crippen MR) is 180 cm³/mol. The summed E-state index contributed by atoms with van der Waals surface area (Å²) in [5.41, 5.74) is 2.46. The standard InChI is InChI=1S/C38H32OP2/c1-29-23-25-35(37(27-29)40(31-15-7-3-8-16-31)32-17-9-4-10-18-32)39-36-26-24-30(2)28-38(36)41(33-19-11-5-12-20-33)34-21-13-6-14-22-34/h3-28H,1-2H3. The number of hydrogen-bond acceptors (Lipinski definition) is 1. The van der Waals surface area contributed by atoms with Gasteiger partial charge in [0.05, 0.1) is 0 Å².